The van der Waals surface area contributed by atoms with Crippen LogP contribution in [0.5, 0.6) is 0 Å². The highest BCUT2D eigenvalue weighted by Crippen LogP contribution is 2.30. The summed E-state index contributed by atoms with van der Waals surface area (Å²) in [6, 6.07) is 7.89. The Morgan fingerprint density at radius 2 is 1.90 bits per heavy atom. The third-order valence-corrected chi connectivity index (χ3v) is 5.49. The smallest absolute Gasteiger partial charge is 0.407 e. The number of nitrogens with one attached hydrogen (secondary N) is 2. The summed E-state index contributed by atoms with van der Waals surface area (Å²) in [6.07, 6.45) is 1.38. The zero-order valence-electron chi connectivity index (χ0n) is 17.6. The molecule has 3 rings (SSSR count). The maximum Gasteiger partial charge on any atom is 0.407 e. The van der Waals surface area contributed by atoms with E-state index in [4.69, 9.17) is 4.74 Å². The summed E-state index contributed by atoms with van der Waals surface area (Å²) in [6.45, 7) is 10.2. The number of carbonyl (C=O) groups excluding carboxylic acids is 3. The van der Waals surface area contributed by atoms with Crippen molar-refractivity contribution in [1.82, 2.24) is 15.5 Å². The van der Waals surface area contributed by atoms with Gasteiger partial charge in [0, 0.05) is 45.0 Å². The zero-order valence-corrected chi connectivity index (χ0v) is 18.4. The number of carbonyl (C=O) groups is 3. The second kappa shape index (κ2) is 9.53. The van der Waals surface area contributed by atoms with Gasteiger partial charge in [0.2, 0.25) is 0 Å². The van der Waals surface area contributed by atoms with E-state index in [9.17, 15) is 14.4 Å². The number of hydrogen-bond donors (Lipinski definition) is 2. The Morgan fingerprint density at radius 3 is 2.53 bits per heavy atom. The van der Waals surface area contributed by atoms with E-state index in [2.05, 4.69) is 20.4 Å². The van der Waals surface area contributed by atoms with E-state index in [0.717, 1.165) is 55.7 Å². The summed E-state index contributed by atoms with van der Waals surface area (Å²) >= 11 is 0.929. The highest BCUT2D eigenvalue weighted by atomic mass is 32.2. The molecule has 8 nitrogen and oxygen atoms in total. The number of thioether (sulfide) groups is 1. The Balaban J connectivity index is 1.52. The van der Waals surface area contributed by atoms with Crippen molar-refractivity contribution in [2.24, 2.45) is 0 Å². The molecule has 0 aliphatic carbocycles. The van der Waals surface area contributed by atoms with Crippen molar-refractivity contribution in [2.45, 2.75) is 26.4 Å². The molecule has 0 saturated carbocycles. The minimum absolute atomic E-state index is 0.336. The second-order valence-corrected chi connectivity index (χ2v) is 9.18. The maximum atomic E-state index is 11.9. The van der Waals surface area contributed by atoms with Crippen molar-refractivity contribution in [3.63, 3.8) is 0 Å². The van der Waals surface area contributed by atoms with E-state index in [0.29, 0.717) is 11.4 Å². The number of anilines is 1. The van der Waals surface area contributed by atoms with Gasteiger partial charge in [0.15, 0.2) is 0 Å². The van der Waals surface area contributed by atoms with Crippen molar-refractivity contribution in [3.8, 4) is 0 Å². The molecule has 0 radical (unpaired) electrons. The largest absolute Gasteiger partial charge is 0.444 e. The minimum Gasteiger partial charge on any atom is -0.444 e. The van der Waals surface area contributed by atoms with E-state index >= 15 is 0 Å². The van der Waals surface area contributed by atoms with Crippen LogP contribution in [0.1, 0.15) is 26.3 Å². The number of hydrogen-bond acceptors (Lipinski definition) is 7. The third-order valence-electron chi connectivity index (χ3n) is 4.67. The molecule has 0 bridgehead atoms. The van der Waals surface area contributed by atoms with Crippen LogP contribution in [0.4, 0.5) is 15.3 Å². The third kappa shape index (κ3) is 6.24. The normalized spacial score (nSPS) is 19.2. The molecule has 162 valence electrons. The predicted octanol–water partition coefficient (Wildman–Crippen LogP) is 2.66. The first-order valence-corrected chi connectivity index (χ1v) is 10.8. The summed E-state index contributed by atoms with van der Waals surface area (Å²) in [5.74, 6) is -0.345. The van der Waals surface area contributed by atoms with Gasteiger partial charge < -0.3 is 15.0 Å². The van der Waals surface area contributed by atoms with Gasteiger partial charge in [-0.1, -0.05) is 18.2 Å². The van der Waals surface area contributed by atoms with Crippen molar-refractivity contribution < 1.29 is 19.1 Å². The van der Waals surface area contributed by atoms with Crippen LogP contribution in [0.3, 0.4) is 0 Å². The summed E-state index contributed by atoms with van der Waals surface area (Å²) < 4.78 is 5.25. The van der Waals surface area contributed by atoms with Gasteiger partial charge in [-0.05, 0) is 50.2 Å². The van der Waals surface area contributed by atoms with Crippen LogP contribution in [-0.2, 0) is 9.53 Å². The first-order valence-electron chi connectivity index (χ1n) is 9.99. The van der Waals surface area contributed by atoms with Crippen LogP contribution in [0, 0.1) is 0 Å². The summed E-state index contributed by atoms with van der Waals surface area (Å²) in [5, 5.41) is 4.75. The standard InChI is InChI=1S/C21H28N4O4S/c1-21(2,3)29-19(27)22-8-9-24-10-12-25(13-11-24)16-7-5-4-6-15(16)14-17-18(26)23-20(28)30-17/h4-7,14H,8-13H2,1-3H3,(H,22,27)(H,23,26,28)/b17-14-. The van der Waals surface area contributed by atoms with E-state index in [-0.39, 0.29) is 11.1 Å². The maximum absolute atomic E-state index is 11.9. The SMILES string of the molecule is CC(C)(C)OC(=O)NCCN1CCN(c2ccccc2/C=C2\SC(=O)NC2=O)CC1. The Labute approximate surface area is 181 Å². The van der Waals surface area contributed by atoms with Crippen LogP contribution in [0.25, 0.3) is 6.08 Å². The Bertz CT molecular complexity index is 842. The molecule has 3 amide bonds. The van der Waals surface area contributed by atoms with E-state index in [1.54, 1.807) is 6.08 Å². The molecule has 2 aliphatic rings. The monoisotopic (exact) mass is 432 g/mol. The van der Waals surface area contributed by atoms with Gasteiger partial charge >= 0.3 is 6.09 Å². The number of nitrogens with zero attached hydrogens (tertiary/aromatic N) is 2. The van der Waals surface area contributed by atoms with Gasteiger partial charge in [0.1, 0.15) is 5.60 Å². The Hall–Kier alpha value is -2.52. The van der Waals surface area contributed by atoms with Crippen molar-refractivity contribution >= 4 is 40.8 Å². The number of piperazine rings is 1. The number of ether oxygens (including phenoxy) is 1. The van der Waals surface area contributed by atoms with Gasteiger partial charge in [-0.15, -0.1) is 0 Å². The zero-order chi connectivity index (χ0) is 21.7. The van der Waals surface area contributed by atoms with Gasteiger partial charge in [0.05, 0.1) is 4.91 Å². The van der Waals surface area contributed by atoms with Gasteiger partial charge in [-0.3, -0.25) is 19.8 Å². The average Bonchev–Trinajstić information content (AvgIpc) is 2.98. The quantitative estimate of drug-likeness (QED) is 0.691. The molecule has 2 heterocycles. The fourth-order valence-electron chi connectivity index (χ4n) is 3.30. The molecule has 30 heavy (non-hydrogen) atoms. The van der Waals surface area contributed by atoms with E-state index in [1.807, 2.05) is 45.0 Å². The highest BCUT2D eigenvalue weighted by Gasteiger charge is 2.26. The number of amides is 3. The Morgan fingerprint density at radius 1 is 1.20 bits per heavy atom. The number of para-hydroxylation sites is 1. The number of benzene rings is 1. The summed E-state index contributed by atoms with van der Waals surface area (Å²) in [4.78, 5) is 40.0. The number of imide groups is 1. The first kappa shape index (κ1) is 22.2. The van der Waals surface area contributed by atoms with Crippen molar-refractivity contribution in [3.05, 3.63) is 34.7 Å². The predicted molar refractivity (Wildman–Crippen MR) is 118 cm³/mol. The van der Waals surface area contributed by atoms with Crippen LogP contribution in [0.15, 0.2) is 29.2 Å². The van der Waals surface area contributed by atoms with Crippen LogP contribution >= 0.6 is 11.8 Å². The van der Waals surface area contributed by atoms with Crippen LogP contribution in [0.2, 0.25) is 0 Å². The second-order valence-electron chi connectivity index (χ2n) is 8.17. The summed E-state index contributed by atoms with van der Waals surface area (Å²) in [5.41, 5.74) is 1.47. The number of alkyl carbamates (subject to hydrolysis) is 1. The van der Waals surface area contributed by atoms with Crippen molar-refractivity contribution in [1.29, 1.82) is 0 Å². The molecule has 2 N–H and O–H groups in total. The molecule has 0 atom stereocenters. The topological polar surface area (TPSA) is 91.0 Å². The molecular weight excluding hydrogens is 404 g/mol. The van der Waals surface area contributed by atoms with Crippen molar-refractivity contribution in [2.75, 3.05) is 44.2 Å². The highest BCUT2D eigenvalue weighted by molar-refractivity contribution is 8.18. The minimum atomic E-state index is -0.497. The molecule has 2 saturated heterocycles. The lowest BCUT2D eigenvalue weighted by Crippen LogP contribution is -2.48. The lowest BCUT2D eigenvalue weighted by Gasteiger charge is -2.36. The molecule has 2 fully saturated rings. The molecule has 1 aromatic rings. The van der Waals surface area contributed by atoms with Gasteiger partial charge in [0.25, 0.3) is 11.1 Å². The fraction of sp³-hybridized carbons (Fsp3) is 0.476. The van der Waals surface area contributed by atoms with Crippen LogP contribution < -0.4 is 15.5 Å². The van der Waals surface area contributed by atoms with E-state index < -0.39 is 11.7 Å². The molecule has 2 aliphatic heterocycles. The van der Waals surface area contributed by atoms with Gasteiger partial charge in [-0.2, -0.15) is 0 Å². The molecule has 0 spiro atoms. The van der Waals surface area contributed by atoms with E-state index in [1.165, 1.54) is 0 Å². The fourth-order valence-corrected chi connectivity index (χ4v) is 3.98. The molecule has 1 aromatic carbocycles. The lowest BCUT2D eigenvalue weighted by molar-refractivity contribution is -0.115. The Kier molecular flexibility index (Phi) is 7.04. The van der Waals surface area contributed by atoms with Crippen LogP contribution in [-0.4, -0.2) is 67.0 Å². The average molecular weight is 433 g/mol. The first-order chi connectivity index (χ1) is 14.2. The molecule has 9 heteroatoms. The lowest BCUT2D eigenvalue weighted by atomic mass is 10.1. The number of rotatable bonds is 5. The molecular formula is C21H28N4O4S. The molecule has 0 unspecified atom stereocenters. The summed E-state index contributed by atoms with van der Waals surface area (Å²) in [7, 11) is 0. The molecule has 0 aromatic heterocycles. The van der Waals surface area contributed by atoms with Gasteiger partial charge in [-0.25, -0.2) is 4.79 Å².